The Morgan fingerprint density at radius 1 is 1.39 bits per heavy atom. The number of nitrogens with one attached hydrogen (secondary N) is 1. The van der Waals surface area contributed by atoms with Crippen LogP contribution in [-0.2, 0) is 0 Å². The van der Waals surface area contributed by atoms with Gasteiger partial charge in [0, 0.05) is 17.4 Å². The van der Waals surface area contributed by atoms with Crippen LogP contribution in [0.3, 0.4) is 0 Å². The van der Waals surface area contributed by atoms with E-state index < -0.39 is 0 Å². The van der Waals surface area contributed by atoms with Crippen LogP contribution in [-0.4, -0.2) is 37.1 Å². The van der Waals surface area contributed by atoms with E-state index in [4.69, 9.17) is 9.47 Å². The molecule has 0 saturated carbocycles. The summed E-state index contributed by atoms with van der Waals surface area (Å²) >= 11 is 3.28. The van der Waals surface area contributed by atoms with Gasteiger partial charge >= 0.3 is 0 Å². The number of halogens is 1. The predicted molar refractivity (Wildman–Crippen MR) is 72.0 cm³/mol. The molecule has 0 bridgehead atoms. The molecule has 0 radical (unpaired) electrons. The van der Waals surface area contributed by atoms with Gasteiger partial charge in [0.2, 0.25) is 5.75 Å². The zero-order valence-electron chi connectivity index (χ0n) is 10.3. The lowest BCUT2D eigenvalue weighted by Gasteiger charge is -2.11. The molecule has 6 heteroatoms. The highest BCUT2D eigenvalue weighted by molar-refractivity contribution is 9.09. The maximum atomic E-state index is 11.8. The van der Waals surface area contributed by atoms with Crippen LogP contribution >= 0.6 is 15.9 Å². The van der Waals surface area contributed by atoms with E-state index in [1.54, 1.807) is 0 Å². The van der Waals surface area contributed by atoms with E-state index in [-0.39, 0.29) is 17.4 Å². The molecule has 18 heavy (non-hydrogen) atoms. The second kappa shape index (κ2) is 7.10. The highest BCUT2D eigenvalue weighted by Crippen LogP contribution is 2.37. The fourth-order valence-electron chi connectivity index (χ4n) is 1.45. The van der Waals surface area contributed by atoms with Crippen molar-refractivity contribution in [1.82, 2.24) is 5.32 Å². The summed E-state index contributed by atoms with van der Waals surface area (Å²) in [6.45, 7) is 0.569. The van der Waals surface area contributed by atoms with E-state index in [9.17, 15) is 9.90 Å². The molecule has 100 valence electrons. The first-order valence-corrected chi connectivity index (χ1v) is 6.55. The number of ether oxygens (including phenoxy) is 2. The number of aromatic hydroxyl groups is 1. The molecule has 0 unspecified atom stereocenters. The number of benzene rings is 1. The quantitative estimate of drug-likeness (QED) is 0.621. The molecule has 0 aliphatic carbocycles. The molecule has 2 N–H and O–H groups in total. The Balaban J connectivity index is 2.90. The third kappa shape index (κ3) is 3.53. The van der Waals surface area contributed by atoms with E-state index in [2.05, 4.69) is 21.2 Å². The van der Waals surface area contributed by atoms with Crippen molar-refractivity contribution in [1.29, 1.82) is 0 Å². The molecule has 5 nitrogen and oxygen atoms in total. The molecule has 0 aromatic heterocycles. The number of hydrogen-bond acceptors (Lipinski definition) is 4. The minimum Gasteiger partial charge on any atom is -0.504 e. The number of amides is 1. The standard InChI is InChI=1S/C12H16BrNO4/c1-17-10-7-8(6-9(15)11(10)18-2)12(16)14-5-3-4-13/h6-7,15H,3-5H2,1-2H3,(H,14,16). The third-order valence-electron chi connectivity index (χ3n) is 2.32. The van der Waals surface area contributed by atoms with Crippen LogP contribution in [0.15, 0.2) is 12.1 Å². The zero-order valence-corrected chi connectivity index (χ0v) is 11.9. The van der Waals surface area contributed by atoms with E-state index in [0.717, 1.165) is 11.8 Å². The van der Waals surface area contributed by atoms with E-state index in [1.807, 2.05) is 0 Å². The number of phenolic OH excluding ortho intramolecular Hbond substituents is 1. The molecule has 0 aliphatic heterocycles. The first kappa shape index (κ1) is 14.6. The van der Waals surface area contributed by atoms with Gasteiger partial charge in [0.25, 0.3) is 5.91 Å². The lowest BCUT2D eigenvalue weighted by molar-refractivity contribution is 0.0953. The fraction of sp³-hybridized carbons (Fsp3) is 0.417. The molecule has 1 aromatic carbocycles. The summed E-state index contributed by atoms with van der Waals surface area (Å²) in [6.07, 6.45) is 0.838. The minimum absolute atomic E-state index is 0.123. The highest BCUT2D eigenvalue weighted by atomic mass is 79.9. The second-order valence-corrected chi connectivity index (χ2v) is 4.32. The summed E-state index contributed by atoms with van der Waals surface area (Å²) in [4.78, 5) is 11.8. The number of phenols is 1. The van der Waals surface area contributed by atoms with E-state index in [0.29, 0.717) is 17.9 Å². The van der Waals surface area contributed by atoms with Gasteiger partial charge in [0.05, 0.1) is 14.2 Å². The first-order valence-electron chi connectivity index (χ1n) is 5.43. The number of carbonyl (C=O) groups excluding carboxylic acids is 1. The third-order valence-corrected chi connectivity index (χ3v) is 2.88. The summed E-state index contributed by atoms with van der Waals surface area (Å²) in [5, 5.41) is 13.3. The Bertz CT molecular complexity index is 423. The summed E-state index contributed by atoms with van der Waals surface area (Å²) in [6, 6.07) is 2.88. The lowest BCUT2D eigenvalue weighted by Crippen LogP contribution is -2.24. The molecule has 1 rings (SSSR count). The average Bonchev–Trinajstić information content (AvgIpc) is 2.37. The number of methoxy groups -OCH3 is 2. The Morgan fingerprint density at radius 2 is 2.11 bits per heavy atom. The number of alkyl halides is 1. The van der Waals surface area contributed by atoms with Crippen LogP contribution in [0.25, 0.3) is 0 Å². The van der Waals surface area contributed by atoms with E-state index >= 15 is 0 Å². The molecule has 1 aromatic rings. The Morgan fingerprint density at radius 3 is 2.67 bits per heavy atom. The summed E-state index contributed by atoms with van der Waals surface area (Å²) in [5.41, 5.74) is 0.333. The minimum atomic E-state index is -0.257. The Hall–Kier alpha value is -1.43. The monoisotopic (exact) mass is 317 g/mol. The van der Waals surface area contributed by atoms with Crippen molar-refractivity contribution >= 4 is 21.8 Å². The zero-order chi connectivity index (χ0) is 13.5. The molecular weight excluding hydrogens is 302 g/mol. The number of hydrogen-bond donors (Lipinski definition) is 2. The van der Waals surface area contributed by atoms with Crippen molar-refractivity contribution in [3.05, 3.63) is 17.7 Å². The van der Waals surface area contributed by atoms with Gasteiger partial charge in [0.1, 0.15) is 0 Å². The smallest absolute Gasteiger partial charge is 0.251 e. The van der Waals surface area contributed by atoms with Gasteiger partial charge < -0.3 is 19.9 Å². The predicted octanol–water partition coefficient (Wildman–Crippen LogP) is 1.92. The van der Waals surface area contributed by atoms with Gasteiger partial charge in [-0.25, -0.2) is 0 Å². The fourth-order valence-corrected chi connectivity index (χ4v) is 1.73. The van der Waals surface area contributed by atoms with Gasteiger partial charge in [-0.1, -0.05) is 15.9 Å². The molecule has 0 aliphatic rings. The maximum absolute atomic E-state index is 11.8. The van der Waals surface area contributed by atoms with Crippen LogP contribution in [0.1, 0.15) is 16.8 Å². The van der Waals surface area contributed by atoms with Crippen molar-refractivity contribution in [3.63, 3.8) is 0 Å². The van der Waals surface area contributed by atoms with Gasteiger partial charge in [-0.3, -0.25) is 4.79 Å². The van der Waals surface area contributed by atoms with Gasteiger partial charge in [0.15, 0.2) is 11.5 Å². The molecular formula is C12H16BrNO4. The second-order valence-electron chi connectivity index (χ2n) is 3.53. The SMILES string of the molecule is COc1cc(C(=O)NCCCBr)cc(O)c1OC. The van der Waals surface area contributed by atoms with Crippen LogP contribution in [0.2, 0.25) is 0 Å². The van der Waals surface area contributed by atoms with E-state index in [1.165, 1.54) is 26.4 Å². The summed E-state index contributed by atoms with van der Waals surface area (Å²) in [7, 11) is 2.87. The van der Waals surface area contributed by atoms with Crippen LogP contribution in [0.4, 0.5) is 0 Å². The van der Waals surface area contributed by atoms with Crippen LogP contribution in [0.5, 0.6) is 17.2 Å². The van der Waals surface area contributed by atoms with Crippen molar-refractivity contribution in [2.24, 2.45) is 0 Å². The normalized spacial score (nSPS) is 9.94. The molecule has 0 saturated heterocycles. The number of carbonyl (C=O) groups is 1. The average molecular weight is 318 g/mol. The van der Waals surface area contributed by atoms with Crippen LogP contribution < -0.4 is 14.8 Å². The van der Waals surface area contributed by atoms with Crippen molar-refractivity contribution in [2.75, 3.05) is 26.1 Å². The van der Waals surface area contributed by atoms with Crippen molar-refractivity contribution in [2.45, 2.75) is 6.42 Å². The topological polar surface area (TPSA) is 67.8 Å². The first-order chi connectivity index (χ1) is 8.63. The highest BCUT2D eigenvalue weighted by Gasteiger charge is 2.15. The Kier molecular flexibility index (Phi) is 5.77. The van der Waals surface area contributed by atoms with Gasteiger partial charge in [-0.05, 0) is 18.6 Å². The maximum Gasteiger partial charge on any atom is 0.251 e. The Labute approximate surface area is 114 Å². The van der Waals surface area contributed by atoms with Crippen molar-refractivity contribution in [3.8, 4) is 17.2 Å². The number of rotatable bonds is 6. The lowest BCUT2D eigenvalue weighted by atomic mass is 10.1. The molecule has 0 heterocycles. The largest absolute Gasteiger partial charge is 0.504 e. The molecule has 0 atom stereocenters. The van der Waals surface area contributed by atoms with Gasteiger partial charge in [-0.15, -0.1) is 0 Å². The molecule has 1 amide bonds. The van der Waals surface area contributed by atoms with Crippen LogP contribution in [0, 0.1) is 0 Å². The summed E-state index contributed by atoms with van der Waals surface area (Å²) < 4.78 is 10.0. The molecule has 0 fully saturated rings. The summed E-state index contributed by atoms with van der Waals surface area (Å²) in [5.74, 6) is 0.160. The van der Waals surface area contributed by atoms with Gasteiger partial charge in [-0.2, -0.15) is 0 Å². The molecule has 0 spiro atoms. The van der Waals surface area contributed by atoms with Crippen molar-refractivity contribution < 1.29 is 19.4 Å².